The SMILES string of the molecule is CC1(C)OB(c2ccc3c(c2)C2C=CC4C(C=C2)C34)OC1(C)C. The van der Waals surface area contributed by atoms with E-state index in [1.54, 1.807) is 0 Å². The normalized spacial score (nSPS) is 37.5. The third-order valence-corrected chi connectivity index (χ3v) is 6.57. The molecule has 1 saturated heterocycles. The Kier molecular flexibility index (Phi) is 2.57. The first-order chi connectivity index (χ1) is 10.9. The number of rotatable bonds is 1. The van der Waals surface area contributed by atoms with Gasteiger partial charge in [-0.15, -0.1) is 0 Å². The van der Waals surface area contributed by atoms with Crippen LogP contribution in [0.1, 0.15) is 50.7 Å². The van der Waals surface area contributed by atoms with E-state index < -0.39 is 0 Å². The van der Waals surface area contributed by atoms with Crippen LogP contribution in [0.5, 0.6) is 0 Å². The molecule has 23 heavy (non-hydrogen) atoms. The second-order valence-electron chi connectivity index (χ2n) is 8.45. The molecule has 1 aliphatic heterocycles. The van der Waals surface area contributed by atoms with Crippen LogP contribution < -0.4 is 5.46 Å². The summed E-state index contributed by atoms with van der Waals surface area (Å²) in [6, 6.07) is 6.85. The third-order valence-electron chi connectivity index (χ3n) is 6.57. The van der Waals surface area contributed by atoms with E-state index in [2.05, 4.69) is 70.2 Å². The molecule has 1 aromatic carbocycles. The lowest BCUT2D eigenvalue weighted by Crippen LogP contribution is -2.41. The van der Waals surface area contributed by atoms with Gasteiger partial charge in [0.1, 0.15) is 0 Å². The third kappa shape index (κ3) is 1.84. The van der Waals surface area contributed by atoms with Crippen molar-refractivity contribution in [1.29, 1.82) is 0 Å². The van der Waals surface area contributed by atoms with Crippen molar-refractivity contribution in [1.82, 2.24) is 0 Å². The highest BCUT2D eigenvalue weighted by atomic mass is 16.7. The van der Waals surface area contributed by atoms with E-state index in [4.69, 9.17) is 9.31 Å². The van der Waals surface area contributed by atoms with Gasteiger partial charge in [0, 0.05) is 5.92 Å². The average molecular weight is 306 g/mol. The summed E-state index contributed by atoms with van der Waals surface area (Å²) in [7, 11) is -0.270. The predicted octanol–water partition coefficient (Wildman–Crippen LogP) is 3.54. The Bertz CT molecular complexity index is 710. The summed E-state index contributed by atoms with van der Waals surface area (Å²) in [5.41, 5.74) is 3.54. The molecule has 4 aliphatic carbocycles. The Morgan fingerprint density at radius 2 is 1.43 bits per heavy atom. The number of allylic oxidation sites excluding steroid dienone is 4. The lowest BCUT2D eigenvalue weighted by atomic mass is 9.76. The van der Waals surface area contributed by atoms with Gasteiger partial charge in [0.2, 0.25) is 0 Å². The Labute approximate surface area is 138 Å². The van der Waals surface area contributed by atoms with Gasteiger partial charge < -0.3 is 9.31 Å². The molecule has 3 heteroatoms. The minimum absolute atomic E-state index is 0.270. The molecule has 1 saturated carbocycles. The maximum absolute atomic E-state index is 6.23. The molecule has 0 spiro atoms. The Balaban J connectivity index is 1.55. The molecule has 0 amide bonds. The zero-order valence-corrected chi connectivity index (χ0v) is 14.2. The van der Waals surface area contributed by atoms with Crippen molar-refractivity contribution < 1.29 is 9.31 Å². The monoisotopic (exact) mass is 306 g/mol. The molecular weight excluding hydrogens is 283 g/mol. The van der Waals surface area contributed by atoms with Crippen LogP contribution in [0.15, 0.2) is 42.5 Å². The zero-order chi connectivity index (χ0) is 16.0. The van der Waals surface area contributed by atoms with Crippen LogP contribution in [0.2, 0.25) is 0 Å². The van der Waals surface area contributed by atoms with Crippen molar-refractivity contribution in [2.75, 3.05) is 0 Å². The van der Waals surface area contributed by atoms with Crippen LogP contribution in [0.25, 0.3) is 0 Å². The summed E-state index contributed by atoms with van der Waals surface area (Å²) in [5, 5.41) is 0. The van der Waals surface area contributed by atoms with Gasteiger partial charge in [0.15, 0.2) is 0 Å². The van der Waals surface area contributed by atoms with Crippen molar-refractivity contribution in [3.8, 4) is 0 Å². The molecular formula is C20H23BO2. The minimum Gasteiger partial charge on any atom is -0.399 e. The van der Waals surface area contributed by atoms with Gasteiger partial charge in [-0.3, -0.25) is 0 Å². The van der Waals surface area contributed by atoms with Gasteiger partial charge in [-0.1, -0.05) is 42.5 Å². The number of hydrogen-bond acceptors (Lipinski definition) is 2. The smallest absolute Gasteiger partial charge is 0.399 e. The highest BCUT2D eigenvalue weighted by Crippen LogP contribution is 2.60. The second-order valence-corrected chi connectivity index (χ2v) is 8.45. The summed E-state index contributed by atoms with van der Waals surface area (Å²) >= 11 is 0. The van der Waals surface area contributed by atoms with E-state index >= 15 is 0 Å². The quantitative estimate of drug-likeness (QED) is 0.583. The van der Waals surface area contributed by atoms with Gasteiger partial charge in [-0.25, -0.2) is 0 Å². The summed E-state index contributed by atoms with van der Waals surface area (Å²) in [4.78, 5) is 0. The van der Waals surface area contributed by atoms with E-state index in [1.807, 2.05) is 0 Å². The standard InChI is InChI=1S/C20H23BO2/c1-19(2)20(3,4)23-21(22-19)13-7-10-16-17(11-13)12-5-8-14-15(9-6-12)18(14)16/h5-12,14-15,18H,1-4H3. The molecule has 2 unspecified atom stereocenters. The first-order valence-corrected chi connectivity index (χ1v) is 8.73. The molecule has 5 aliphatic rings. The molecule has 2 atom stereocenters. The van der Waals surface area contributed by atoms with Gasteiger partial charge in [0.25, 0.3) is 0 Å². The lowest BCUT2D eigenvalue weighted by Gasteiger charge is -2.32. The summed E-state index contributed by atoms with van der Waals surface area (Å²) in [5.74, 6) is 2.55. The molecule has 0 radical (unpaired) electrons. The van der Waals surface area contributed by atoms with Crippen LogP contribution in [-0.4, -0.2) is 18.3 Å². The van der Waals surface area contributed by atoms with Crippen molar-refractivity contribution in [2.45, 2.75) is 50.7 Å². The van der Waals surface area contributed by atoms with E-state index in [0.717, 1.165) is 17.3 Å². The fourth-order valence-electron chi connectivity index (χ4n) is 4.35. The number of benzene rings is 1. The highest BCUT2D eigenvalue weighted by Gasteiger charge is 2.53. The van der Waals surface area contributed by atoms with Crippen LogP contribution in [0.4, 0.5) is 0 Å². The van der Waals surface area contributed by atoms with E-state index in [1.165, 1.54) is 11.1 Å². The molecule has 1 aromatic rings. The topological polar surface area (TPSA) is 18.5 Å². The van der Waals surface area contributed by atoms with E-state index in [0.29, 0.717) is 11.8 Å². The number of hydrogen-bond donors (Lipinski definition) is 0. The van der Waals surface area contributed by atoms with E-state index in [9.17, 15) is 0 Å². The molecule has 2 nitrogen and oxygen atoms in total. The van der Waals surface area contributed by atoms with Gasteiger partial charge in [-0.2, -0.15) is 0 Å². The molecule has 118 valence electrons. The van der Waals surface area contributed by atoms with Crippen molar-refractivity contribution in [3.05, 3.63) is 53.6 Å². The van der Waals surface area contributed by atoms with Crippen molar-refractivity contribution in [2.24, 2.45) is 11.8 Å². The van der Waals surface area contributed by atoms with Crippen LogP contribution in [-0.2, 0) is 9.31 Å². The predicted molar refractivity (Wildman–Crippen MR) is 92.9 cm³/mol. The first-order valence-electron chi connectivity index (χ1n) is 8.73. The zero-order valence-electron chi connectivity index (χ0n) is 14.2. The van der Waals surface area contributed by atoms with Gasteiger partial charge >= 0.3 is 7.12 Å². The highest BCUT2D eigenvalue weighted by molar-refractivity contribution is 6.62. The fraction of sp³-hybridized carbons (Fsp3) is 0.500. The molecule has 2 fully saturated rings. The largest absolute Gasteiger partial charge is 0.494 e. The van der Waals surface area contributed by atoms with Gasteiger partial charge in [-0.05, 0) is 62.0 Å². The van der Waals surface area contributed by atoms with Crippen LogP contribution in [0, 0.1) is 11.8 Å². The molecule has 0 aromatic heterocycles. The van der Waals surface area contributed by atoms with E-state index in [-0.39, 0.29) is 18.3 Å². The molecule has 4 bridgehead atoms. The Hall–Kier alpha value is -1.32. The fourth-order valence-corrected chi connectivity index (χ4v) is 4.35. The van der Waals surface area contributed by atoms with Crippen LogP contribution >= 0.6 is 0 Å². The Morgan fingerprint density at radius 1 is 0.826 bits per heavy atom. The van der Waals surface area contributed by atoms with Crippen LogP contribution in [0.3, 0.4) is 0 Å². The summed E-state index contributed by atoms with van der Waals surface area (Å²) < 4.78 is 12.5. The second kappa shape index (κ2) is 4.20. The lowest BCUT2D eigenvalue weighted by molar-refractivity contribution is 0.00578. The maximum Gasteiger partial charge on any atom is 0.494 e. The Morgan fingerprint density at radius 3 is 2.04 bits per heavy atom. The summed E-state index contributed by atoms with van der Waals surface area (Å²) in [6.45, 7) is 8.44. The van der Waals surface area contributed by atoms with Gasteiger partial charge in [0.05, 0.1) is 11.2 Å². The molecule has 1 heterocycles. The first kappa shape index (κ1) is 14.1. The van der Waals surface area contributed by atoms with Crippen molar-refractivity contribution in [3.63, 3.8) is 0 Å². The minimum atomic E-state index is -0.287. The summed E-state index contributed by atoms with van der Waals surface area (Å²) in [6.07, 6.45) is 9.60. The van der Waals surface area contributed by atoms with Crippen molar-refractivity contribution >= 4 is 12.6 Å². The molecule has 6 rings (SSSR count). The average Bonchev–Trinajstić information content (AvgIpc) is 3.19. The maximum atomic E-state index is 6.23. The molecule has 0 N–H and O–H groups in total.